The van der Waals surface area contributed by atoms with E-state index in [-0.39, 0.29) is 11.9 Å². The quantitative estimate of drug-likeness (QED) is 0.869. The molecule has 0 amide bonds. The van der Waals surface area contributed by atoms with Gasteiger partial charge in [-0.3, -0.25) is 0 Å². The number of halogens is 2. The van der Waals surface area contributed by atoms with E-state index < -0.39 is 0 Å². The van der Waals surface area contributed by atoms with Gasteiger partial charge in [0, 0.05) is 11.6 Å². The molecule has 0 heterocycles. The summed E-state index contributed by atoms with van der Waals surface area (Å²) in [6.07, 6.45) is 2.73. The Hall–Kier alpha value is -0.640. The number of hydrogen-bond donors (Lipinski definition) is 2. The molecule has 94 valence electrons. The minimum absolute atomic E-state index is 0.129. The van der Waals surface area contributed by atoms with E-state index in [0.29, 0.717) is 17.5 Å². The van der Waals surface area contributed by atoms with Crippen molar-refractivity contribution in [3.63, 3.8) is 0 Å². The predicted molar refractivity (Wildman–Crippen MR) is 66.5 cm³/mol. The van der Waals surface area contributed by atoms with Crippen molar-refractivity contribution in [1.29, 1.82) is 0 Å². The van der Waals surface area contributed by atoms with Crippen LogP contribution in [0, 0.1) is 11.7 Å². The van der Waals surface area contributed by atoms with Crippen LogP contribution in [0.1, 0.15) is 24.8 Å². The molecule has 4 heteroatoms. The predicted octanol–water partition coefficient (Wildman–Crippen LogP) is 2.73. The van der Waals surface area contributed by atoms with Crippen molar-refractivity contribution in [2.75, 3.05) is 6.54 Å². The molecular formula is C13H17ClFNO. The second kappa shape index (κ2) is 5.80. The molecule has 1 saturated carbocycles. The highest BCUT2D eigenvalue weighted by Crippen LogP contribution is 2.24. The average Bonchev–Trinajstić information content (AvgIpc) is 2.68. The van der Waals surface area contributed by atoms with Crippen molar-refractivity contribution in [2.24, 2.45) is 5.92 Å². The van der Waals surface area contributed by atoms with E-state index in [4.69, 9.17) is 11.6 Å². The summed E-state index contributed by atoms with van der Waals surface area (Å²) in [6.45, 7) is 1.52. The molecule has 17 heavy (non-hydrogen) atoms. The van der Waals surface area contributed by atoms with Gasteiger partial charge in [-0.25, -0.2) is 4.39 Å². The van der Waals surface area contributed by atoms with Crippen LogP contribution in [0.15, 0.2) is 18.2 Å². The third kappa shape index (κ3) is 3.66. The van der Waals surface area contributed by atoms with Crippen molar-refractivity contribution in [1.82, 2.24) is 5.32 Å². The maximum absolute atomic E-state index is 12.8. The fourth-order valence-electron chi connectivity index (χ4n) is 2.31. The highest BCUT2D eigenvalue weighted by atomic mass is 35.5. The molecule has 0 aromatic heterocycles. The molecule has 2 rings (SSSR count). The lowest BCUT2D eigenvalue weighted by molar-refractivity contribution is 0.177. The van der Waals surface area contributed by atoms with Crippen LogP contribution in [0.2, 0.25) is 5.02 Å². The smallest absolute Gasteiger partial charge is 0.124 e. The molecule has 1 fully saturated rings. The van der Waals surface area contributed by atoms with Gasteiger partial charge in [0.15, 0.2) is 0 Å². The van der Waals surface area contributed by atoms with Crippen molar-refractivity contribution in [3.05, 3.63) is 34.6 Å². The van der Waals surface area contributed by atoms with Gasteiger partial charge in [-0.15, -0.1) is 0 Å². The third-order valence-corrected chi connectivity index (χ3v) is 3.63. The molecule has 0 spiro atoms. The number of rotatable bonds is 4. The summed E-state index contributed by atoms with van der Waals surface area (Å²) in [4.78, 5) is 0. The van der Waals surface area contributed by atoms with Gasteiger partial charge >= 0.3 is 0 Å². The van der Waals surface area contributed by atoms with E-state index in [1.165, 1.54) is 12.1 Å². The highest BCUT2D eigenvalue weighted by molar-refractivity contribution is 6.31. The molecular weight excluding hydrogens is 241 g/mol. The van der Waals surface area contributed by atoms with Crippen LogP contribution in [0.25, 0.3) is 0 Å². The summed E-state index contributed by atoms with van der Waals surface area (Å²) in [7, 11) is 0. The summed E-state index contributed by atoms with van der Waals surface area (Å²) in [5.74, 6) is 0.238. The van der Waals surface area contributed by atoms with Crippen LogP contribution in [0.5, 0.6) is 0 Å². The Balaban J connectivity index is 1.78. The van der Waals surface area contributed by atoms with Gasteiger partial charge in [0.1, 0.15) is 5.82 Å². The summed E-state index contributed by atoms with van der Waals surface area (Å²) in [5.41, 5.74) is 0.909. The average molecular weight is 258 g/mol. The fraction of sp³-hybridized carbons (Fsp3) is 0.538. The molecule has 2 N–H and O–H groups in total. The molecule has 1 aliphatic rings. The monoisotopic (exact) mass is 257 g/mol. The van der Waals surface area contributed by atoms with Crippen molar-refractivity contribution >= 4 is 11.6 Å². The van der Waals surface area contributed by atoms with Crippen LogP contribution in [-0.4, -0.2) is 17.8 Å². The van der Waals surface area contributed by atoms with Gasteiger partial charge in [-0.2, -0.15) is 0 Å². The minimum Gasteiger partial charge on any atom is -0.393 e. The Morgan fingerprint density at radius 1 is 1.41 bits per heavy atom. The lowest BCUT2D eigenvalue weighted by Crippen LogP contribution is -2.21. The minimum atomic E-state index is -0.308. The summed E-state index contributed by atoms with van der Waals surface area (Å²) in [6, 6.07) is 4.45. The van der Waals surface area contributed by atoms with Crippen LogP contribution in [0.3, 0.4) is 0 Å². The molecule has 0 saturated heterocycles. The van der Waals surface area contributed by atoms with Gasteiger partial charge < -0.3 is 10.4 Å². The SMILES string of the molecule is OC1CCC(CNCc2ccc(F)cc2Cl)C1. The summed E-state index contributed by atoms with van der Waals surface area (Å²) < 4.78 is 12.8. The number of aliphatic hydroxyl groups excluding tert-OH is 1. The molecule has 0 aliphatic heterocycles. The standard InChI is InChI=1S/C13H17ClFNO/c14-13-6-11(15)3-2-10(13)8-16-7-9-1-4-12(17)5-9/h2-3,6,9,12,16-17H,1,4-5,7-8H2. The van der Waals surface area contributed by atoms with E-state index in [1.54, 1.807) is 6.07 Å². The van der Waals surface area contributed by atoms with E-state index >= 15 is 0 Å². The van der Waals surface area contributed by atoms with Gasteiger partial charge in [0.05, 0.1) is 6.10 Å². The van der Waals surface area contributed by atoms with E-state index in [9.17, 15) is 9.50 Å². The molecule has 0 bridgehead atoms. The molecule has 2 nitrogen and oxygen atoms in total. The Labute approximate surface area is 106 Å². The Kier molecular flexibility index (Phi) is 4.37. The maximum atomic E-state index is 12.8. The maximum Gasteiger partial charge on any atom is 0.124 e. The molecule has 1 aromatic carbocycles. The number of aliphatic hydroxyl groups is 1. The molecule has 0 radical (unpaired) electrons. The fourth-order valence-corrected chi connectivity index (χ4v) is 2.54. The topological polar surface area (TPSA) is 32.3 Å². The first kappa shape index (κ1) is 12.8. The lowest BCUT2D eigenvalue weighted by Gasteiger charge is -2.11. The van der Waals surface area contributed by atoms with E-state index in [0.717, 1.165) is 31.4 Å². The highest BCUT2D eigenvalue weighted by Gasteiger charge is 2.22. The molecule has 2 unspecified atom stereocenters. The second-order valence-electron chi connectivity index (χ2n) is 4.70. The summed E-state index contributed by atoms with van der Waals surface area (Å²) in [5, 5.41) is 13.2. The Morgan fingerprint density at radius 2 is 2.24 bits per heavy atom. The van der Waals surface area contributed by atoms with Gasteiger partial charge in [0.25, 0.3) is 0 Å². The zero-order valence-corrected chi connectivity index (χ0v) is 10.4. The molecule has 1 aliphatic carbocycles. The first-order chi connectivity index (χ1) is 8.15. The van der Waals surface area contributed by atoms with Crippen molar-refractivity contribution < 1.29 is 9.50 Å². The van der Waals surface area contributed by atoms with E-state index in [2.05, 4.69) is 5.32 Å². The number of nitrogens with one attached hydrogen (secondary N) is 1. The van der Waals surface area contributed by atoms with E-state index in [1.807, 2.05) is 0 Å². The third-order valence-electron chi connectivity index (χ3n) is 3.28. The summed E-state index contributed by atoms with van der Waals surface area (Å²) >= 11 is 5.93. The second-order valence-corrected chi connectivity index (χ2v) is 5.11. The van der Waals surface area contributed by atoms with Crippen molar-refractivity contribution in [2.45, 2.75) is 31.9 Å². The Bertz CT molecular complexity index is 386. The largest absolute Gasteiger partial charge is 0.393 e. The van der Waals surface area contributed by atoms with Crippen LogP contribution >= 0.6 is 11.6 Å². The number of hydrogen-bond acceptors (Lipinski definition) is 2. The molecule has 1 aromatic rings. The molecule has 2 atom stereocenters. The zero-order chi connectivity index (χ0) is 12.3. The van der Waals surface area contributed by atoms with Crippen LogP contribution in [0.4, 0.5) is 4.39 Å². The first-order valence-corrected chi connectivity index (χ1v) is 6.35. The van der Waals surface area contributed by atoms with Crippen LogP contribution in [-0.2, 0) is 6.54 Å². The normalized spacial score (nSPS) is 24.2. The van der Waals surface area contributed by atoms with Gasteiger partial charge in [-0.1, -0.05) is 17.7 Å². The Morgan fingerprint density at radius 3 is 2.88 bits per heavy atom. The number of benzene rings is 1. The van der Waals surface area contributed by atoms with Gasteiger partial charge in [0.2, 0.25) is 0 Å². The van der Waals surface area contributed by atoms with Crippen LogP contribution < -0.4 is 5.32 Å². The lowest BCUT2D eigenvalue weighted by atomic mass is 10.1. The van der Waals surface area contributed by atoms with Crippen molar-refractivity contribution in [3.8, 4) is 0 Å². The first-order valence-electron chi connectivity index (χ1n) is 5.98. The van der Waals surface area contributed by atoms with Gasteiger partial charge in [-0.05, 0) is 49.4 Å². The zero-order valence-electron chi connectivity index (χ0n) is 9.63.